The van der Waals surface area contributed by atoms with Gasteiger partial charge in [-0.15, -0.1) is 0 Å². The van der Waals surface area contributed by atoms with Gasteiger partial charge in [0.05, 0.1) is 16.2 Å². The van der Waals surface area contributed by atoms with Crippen molar-refractivity contribution in [2.75, 3.05) is 5.32 Å². The van der Waals surface area contributed by atoms with Gasteiger partial charge in [-0.3, -0.25) is 9.59 Å². The number of benzene rings is 2. The molecule has 1 atom stereocenters. The number of hydrogen-bond donors (Lipinski definition) is 1. The third-order valence-electron chi connectivity index (χ3n) is 5.70. The molecule has 4 aromatic rings. The monoisotopic (exact) mass is 472 g/mol. The number of aromatic nitrogens is 3. The van der Waals surface area contributed by atoms with E-state index >= 15 is 0 Å². The van der Waals surface area contributed by atoms with Crippen LogP contribution in [0.3, 0.4) is 0 Å². The Hall–Kier alpha value is -3.45. The smallest absolute Gasteiger partial charge is 0.267 e. The van der Waals surface area contributed by atoms with Crippen LogP contribution in [0.15, 0.2) is 70.7 Å². The van der Waals surface area contributed by atoms with E-state index < -0.39 is 5.25 Å². The van der Waals surface area contributed by atoms with Crippen LogP contribution in [0.4, 0.5) is 5.69 Å². The van der Waals surface area contributed by atoms with Crippen molar-refractivity contribution in [3.8, 4) is 5.82 Å². The summed E-state index contributed by atoms with van der Waals surface area (Å²) in [5.41, 5.74) is 4.33. The van der Waals surface area contributed by atoms with Crippen LogP contribution >= 0.6 is 11.8 Å². The molecule has 174 valence electrons. The molecule has 0 bridgehead atoms. The Kier molecular flexibility index (Phi) is 6.84. The lowest BCUT2D eigenvalue weighted by molar-refractivity contribution is -0.115. The fourth-order valence-corrected chi connectivity index (χ4v) is 4.68. The number of para-hydroxylation sites is 2. The molecular formula is C27H28N4O2S. The van der Waals surface area contributed by atoms with Crippen LogP contribution in [0.5, 0.6) is 0 Å². The van der Waals surface area contributed by atoms with Crippen molar-refractivity contribution in [3.63, 3.8) is 0 Å². The molecule has 2 aromatic heterocycles. The Labute approximate surface area is 203 Å². The van der Waals surface area contributed by atoms with Crippen LogP contribution in [0, 0.1) is 13.8 Å². The summed E-state index contributed by atoms with van der Waals surface area (Å²) < 4.78 is 1.49. The van der Waals surface area contributed by atoms with E-state index in [1.807, 2.05) is 57.2 Å². The van der Waals surface area contributed by atoms with Crippen molar-refractivity contribution >= 4 is 34.3 Å². The summed E-state index contributed by atoms with van der Waals surface area (Å²) in [6.07, 6.45) is 1.72. The van der Waals surface area contributed by atoms with Crippen LogP contribution in [-0.4, -0.2) is 25.7 Å². The Morgan fingerprint density at radius 2 is 1.76 bits per heavy atom. The van der Waals surface area contributed by atoms with Crippen molar-refractivity contribution in [2.24, 2.45) is 0 Å². The number of carbonyl (C=O) groups excluding carboxylic acids is 1. The maximum Gasteiger partial charge on any atom is 0.267 e. The molecule has 1 amide bonds. The molecule has 0 aliphatic rings. The van der Waals surface area contributed by atoms with Gasteiger partial charge in [0.25, 0.3) is 5.56 Å². The summed E-state index contributed by atoms with van der Waals surface area (Å²) >= 11 is 1.25. The van der Waals surface area contributed by atoms with Gasteiger partial charge in [-0.25, -0.2) is 14.5 Å². The summed E-state index contributed by atoms with van der Waals surface area (Å²) in [5.74, 6) is 0.607. The fourth-order valence-electron chi connectivity index (χ4n) is 3.76. The van der Waals surface area contributed by atoms with Gasteiger partial charge >= 0.3 is 0 Å². The molecule has 1 N–H and O–H groups in total. The van der Waals surface area contributed by atoms with E-state index in [1.54, 1.807) is 24.4 Å². The van der Waals surface area contributed by atoms with E-state index in [-0.39, 0.29) is 17.4 Å². The number of rotatable bonds is 6. The summed E-state index contributed by atoms with van der Waals surface area (Å²) in [7, 11) is 0. The van der Waals surface area contributed by atoms with Gasteiger partial charge in [-0.2, -0.15) is 0 Å². The number of nitrogens with one attached hydrogen (secondary N) is 1. The van der Waals surface area contributed by atoms with Crippen LogP contribution in [0.25, 0.3) is 16.7 Å². The largest absolute Gasteiger partial charge is 0.325 e. The molecule has 2 heterocycles. The lowest BCUT2D eigenvalue weighted by atomic mass is 9.98. The van der Waals surface area contributed by atoms with Crippen LogP contribution < -0.4 is 10.9 Å². The van der Waals surface area contributed by atoms with Crippen molar-refractivity contribution in [1.82, 2.24) is 14.5 Å². The molecule has 6 nitrogen and oxygen atoms in total. The highest BCUT2D eigenvalue weighted by atomic mass is 32.2. The zero-order valence-corrected chi connectivity index (χ0v) is 20.8. The molecule has 0 radical (unpaired) electrons. The lowest BCUT2D eigenvalue weighted by Crippen LogP contribution is -2.27. The first-order valence-electron chi connectivity index (χ1n) is 11.3. The quantitative estimate of drug-likeness (QED) is 0.290. The molecule has 4 rings (SSSR count). The number of nitrogens with zero attached hydrogens (tertiary/aromatic N) is 3. The third kappa shape index (κ3) is 4.75. The molecule has 0 saturated heterocycles. The maximum absolute atomic E-state index is 13.4. The number of thioether (sulfide) groups is 1. The molecule has 7 heteroatoms. The third-order valence-corrected chi connectivity index (χ3v) is 6.75. The zero-order chi connectivity index (χ0) is 24.4. The topological polar surface area (TPSA) is 76.9 Å². The Balaban J connectivity index is 1.72. The normalized spacial score (nSPS) is 12.2. The summed E-state index contributed by atoms with van der Waals surface area (Å²) in [6, 6.07) is 17.0. The van der Waals surface area contributed by atoms with Crippen LogP contribution in [-0.2, 0) is 4.79 Å². The molecule has 0 aliphatic heterocycles. The summed E-state index contributed by atoms with van der Waals surface area (Å²) in [6.45, 7) is 9.97. The second-order valence-corrected chi connectivity index (χ2v) is 10.00. The first-order chi connectivity index (χ1) is 16.3. The second-order valence-electron chi connectivity index (χ2n) is 8.69. The highest BCUT2D eigenvalue weighted by molar-refractivity contribution is 8.00. The first-order valence-corrected chi connectivity index (χ1v) is 12.2. The van der Waals surface area contributed by atoms with Crippen molar-refractivity contribution in [1.29, 1.82) is 0 Å². The maximum atomic E-state index is 13.4. The Morgan fingerprint density at radius 1 is 1.00 bits per heavy atom. The zero-order valence-electron chi connectivity index (χ0n) is 20.0. The van der Waals surface area contributed by atoms with E-state index in [0.717, 1.165) is 22.4 Å². The van der Waals surface area contributed by atoms with Crippen LogP contribution in [0.1, 0.15) is 43.4 Å². The number of aryl methyl sites for hydroxylation is 2. The van der Waals surface area contributed by atoms with Gasteiger partial charge in [-0.1, -0.05) is 62.0 Å². The SMILES string of the molecule is Cc1ccc(-n2c(SC(C)C(=O)Nc3c(C)cccc3C(C)C)nc3ccccc3c2=O)nc1. The van der Waals surface area contributed by atoms with Gasteiger partial charge in [-0.05, 0) is 61.6 Å². The first kappa shape index (κ1) is 23.7. The number of anilines is 1. The fraction of sp³-hybridized carbons (Fsp3) is 0.259. The van der Waals surface area contributed by atoms with E-state index in [4.69, 9.17) is 4.98 Å². The number of fused-ring (bicyclic) bond motifs is 1. The number of carbonyl (C=O) groups is 1. The molecule has 0 fully saturated rings. The standard InChI is InChI=1S/C27H28N4O2S/c1-16(2)20-11-8-9-18(4)24(20)30-25(32)19(5)34-27-29-22-12-7-6-10-21(22)26(33)31(27)23-14-13-17(3)15-28-23/h6-16,19H,1-5H3,(H,30,32). The van der Waals surface area contributed by atoms with Gasteiger partial charge in [0.2, 0.25) is 5.91 Å². The molecule has 0 spiro atoms. The average molecular weight is 473 g/mol. The predicted octanol–water partition coefficient (Wildman–Crippen LogP) is 5.64. The van der Waals surface area contributed by atoms with E-state index in [9.17, 15) is 9.59 Å². The second kappa shape index (κ2) is 9.81. The van der Waals surface area contributed by atoms with Crippen molar-refractivity contribution in [2.45, 2.75) is 50.9 Å². The number of amides is 1. The van der Waals surface area contributed by atoms with E-state index in [2.05, 4.69) is 24.1 Å². The molecule has 2 aromatic carbocycles. The minimum absolute atomic E-state index is 0.146. The summed E-state index contributed by atoms with van der Waals surface area (Å²) in [5, 5.41) is 3.55. The van der Waals surface area contributed by atoms with E-state index in [1.165, 1.54) is 16.3 Å². The number of pyridine rings is 1. The molecule has 34 heavy (non-hydrogen) atoms. The highest BCUT2D eigenvalue weighted by Crippen LogP contribution is 2.30. The predicted molar refractivity (Wildman–Crippen MR) is 139 cm³/mol. The number of hydrogen-bond acceptors (Lipinski definition) is 5. The lowest BCUT2D eigenvalue weighted by Gasteiger charge is -2.19. The Morgan fingerprint density at radius 3 is 2.47 bits per heavy atom. The molecular weight excluding hydrogens is 444 g/mol. The molecule has 0 aliphatic carbocycles. The van der Waals surface area contributed by atoms with Crippen molar-refractivity contribution in [3.05, 3.63) is 87.8 Å². The highest BCUT2D eigenvalue weighted by Gasteiger charge is 2.22. The van der Waals surface area contributed by atoms with Crippen molar-refractivity contribution < 1.29 is 4.79 Å². The minimum Gasteiger partial charge on any atom is -0.325 e. The van der Waals surface area contributed by atoms with Gasteiger partial charge in [0.1, 0.15) is 5.82 Å². The van der Waals surface area contributed by atoms with Gasteiger partial charge in [0, 0.05) is 11.9 Å². The van der Waals surface area contributed by atoms with Crippen LogP contribution in [0.2, 0.25) is 0 Å². The van der Waals surface area contributed by atoms with Gasteiger partial charge < -0.3 is 5.32 Å². The molecule has 1 unspecified atom stereocenters. The molecule has 0 saturated carbocycles. The van der Waals surface area contributed by atoms with E-state index in [0.29, 0.717) is 21.9 Å². The average Bonchev–Trinajstić information content (AvgIpc) is 2.81. The summed E-state index contributed by atoms with van der Waals surface area (Å²) in [4.78, 5) is 35.8. The van der Waals surface area contributed by atoms with Gasteiger partial charge in [0.15, 0.2) is 5.16 Å². The minimum atomic E-state index is -0.496. The Bertz CT molecular complexity index is 1410.